The number of aliphatic imine (C=N–C) groups is 1. The molecule has 1 N–H and O–H groups in total. The highest BCUT2D eigenvalue weighted by Crippen LogP contribution is 2.37. The first-order valence-corrected chi connectivity index (χ1v) is 11.4. The zero-order chi connectivity index (χ0) is 20.3. The third kappa shape index (κ3) is 4.32. The van der Waals surface area contributed by atoms with E-state index in [4.69, 9.17) is 4.99 Å². The minimum Gasteiger partial charge on any atom is -0.301 e. The van der Waals surface area contributed by atoms with Crippen molar-refractivity contribution in [2.75, 3.05) is 24.5 Å². The van der Waals surface area contributed by atoms with Crippen LogP contribution in [-0.4, -0.2) is 53.0 Å². The van der Waals surface area contributed by atoms with Gasteiger partial charge in [0.05, 0.1) is 17.9 Å². The van der Waals surface area contributed by atoms with Crippen molar-refractivity contribution in [2.24, 2.45) is 10.9 Å². The number of rotatable bonds is 5. The molecule has 3 aliphatic rings. The summed E-state index contributed by atoms with van der Waals surface area (Å²) in [4.78, 5) is 27.1. The molecule has 0 aromatic carbocycles. The summed E-state index contributed by atoms with van der Waals surface area (Å²) in [5.74, 6) is 1.58. The van der Waals surface area contributed by atoms with E-state index in [1.165, 1.54) is 25.7 Å². The van der Waals surface area contributed by atoms with E-state index in [9.17, 15) is 4.79 Å². The Hall–Kier alpha value is -1.95. The molecule has 1 atom stereocenters. The van der Waals surface area contributed by atoms with Crippen LogP contribution in [-0.2, 0) is 0 Å². The molecule has 3 heterocycles. The quantitative estimate of drug-likeness (QED) is 0.809. The van der Waals surface area contributed by atoms with Crippen molar-refractivity contribution in [1.29, 1.82) is 0 Å². The van der Waals surface area contributed by atoms with E-state index in [0.29, 0.717) is 12.0 Å². The fourth-order valence-electron chi connectivity index (χ4n) is 5.10. The molecule has 6 heteroatoms. The first kappa shape index (κ1) is 20.3. The van der Waals surface area contributed by atoms with E-state index in [2.05, 4.69) is 29.0 Å². The number of hydrogen-bond acceptors (Lipinski definition) is 4. The Balaban J connectivity index is 1.67. The normalized spacial score (nSPS) is 27.9. The number of likely N-dealkylation sites (tertiary alicyclic amines) is 1. The van der Waals surface area contributed by atoms with Gasteiger partial charge in [0.1, 0.15) is 11.4 Å². The molecule has 1 unspecified atom stereocenters. The number of amidine groups is 1. The van der Waals surface area contributed by atoms with Crippen LogP contribution in [0.5, 0.6) is 0 Å². The van der Waals surface area contributed by atoms with Crippen LogP contribution in [0.3, 0.4) is 0 Å². The first-order chi connectivity index (χ1) is 14.1. The number of pyridine rings is 1. The van der Waals surface area contributed by atoms with Gasteiger partial charge in [-0.1, -0.05) is 33.1 Å². The number of anilines is 1. The lowest BCUT2D eigenvalue weighted by molar-refractivity contribution is 0.175. The third-order valence-electron chi connectivity index (χ3n) is 6.66. The number of nitrogens with zero attached hydrogens (tertiary/aromatic N) is 4. The van der Waals surface area contributed by atoms with E-state index in [1.54, 1.807) is 12.4 Å². The van der Waals surface area contributed by atoms with Crippen LogP contribution in [0.25, 0.3) is 0 Å². The molecule has 2 saturated heterocycles. The van der Waals surface area contributed by atoms with E-state index in [1.807, 2.05) is 17.0 Å². The molecule has 29 heavy (non-hydrogen) atoms. The van der Waals surface area contributed by atoms with Crippen LogP contribution < -0.4 is 10.2 Å². The van der Waals surface area contributed by atoms with Crippen LogP contribution in [0.15, 0.2) is 29.5 Å². The molecule has 1 aromatic heterocycles. The Bertz CT molecular complexity index is 728. The maximum Gasteiger partial charge on any atom is 0.328 e. The van der Waals surface area contributed by atoms with Gasteiger partial charge in [-0.25, -0.2) is 4.79 Å². The number of urea groups is 1. The maximum atomic E-state index is 13.2. The standard InChI is InChI=1S/C23H35N5O/c1-18(2)11-15-27-14-7-12-23(17-27)21(25-19-8-4-3-5-9-19)26-22(29)28(23)20-10-6-13-24-16-20/h6,10,13,16,18-19H,3-5,7-9,11-12,14-15,17H2,1-2H3,(H,25,26,29). The lowest BCUT2D eigenvalue weighted by Crippen LogP contribution is -2.60. The monoisotopic (exact) mass is 397 g/mol. The Kier molecular flexibility index (Phi) is 6.18. The van der Waals surface area contributed by atoms with Crippen LogP contribution >= 0.6 is 0 Å². The van der Waals surface area contributed by atoms with Crippen molar-refractivity contribution in [3.8, 4) is 0 Å². The smallest absolute Gasteiger partial charge is 0.301 e. The van der Waals surface area contributed by atoms with E-state index in [0.717, 1.165) is 56.8 Å². The van der Waals surface area contributed by atoms with Crippen LogP contribution in [0.2, 0.25) is 0 Å². The number of aromatic nitrogens is 1. The van der Waals surface area contributed by atoms with Gasteiger partial charge in [-0.05, 0) is 63.2 Å². The second-order valence-electron chi connectivity index (χ2n) is 9.34. The number of carbonyl (C=O) groups is 1. The lowest BCUT2D eigenvalue weighted by atomic mass is 9.85. The number of piperidine rings is 1. The van der Waals surface area contributed by atoms with Crippen molar-refractivity contribution in [2.45, 2.75) is 76.8 Å². The first-order valence-electron chi connectivity index (χ1n) is 11.4. The number of hydrogen-bond donors (Lipinski definition) is 1. The van der Waals surface area contributed by atoms with Gasteiger partial charge in [0, 0.05) is 12.7 Å². The zero-order valence-electron chi connectivity index (χ0n) is 17.9. The van der Waals surface area contributed by atoms with Gasteiger partial charge in [-0.3, -0.25) is 20.2 Å². The Morgan fingerprint density at radius 2 is 2.10 bits per heavy atom. The summed E-state index contributed by atoms with van der Waals surface area (Å²) in [6, 6.07) is 4.19. The lowest BCUT2D eigenvalue weighted by Gasteiger charge is -2.44. The maximum absolute atomic E-state index is 13.2. The zero-order valence-corrected chi connectivity index (χ0v) is 17.9. The Morgan fingerprint density at radius 3 is 2.83 bits per heavy atom. The molecule has 3 fully saturated rings. The SMILES string of the molecule is CC(C)CCN1CCCC2(C1)C(=NC1CCCCC1)NC(=O)N2c1cccnc1. The van der Waals surface area contributed by atoms with Crippen molar-refractivity contribution in [1.82, 2.24) is 15.2 Å². The molecule has 2 aliphatic heterocycles. The summed E-state index contributed by atoms with van der Waals surface area (Å²) < 4.78 is 0. The highest BCUT2D eigenvalue weighted by molar-refractivity contribution is 6.19. The molecule has 6 nitrogen and oxygen atoms in total. The highest BCUT2D eigenvalue weighted by Gasteiger charge is 2.53. The van der Waals surface area contributed by atoms with Gasteiger partial charge in [-0.2, -0.15) is 0 Å². The fourth-order valence-corrected chi connectivity index (χ4v) is 5.10. The van der Waals surface area contributed by atoms with Gasteiger partial charge in [0.25, 0.3) is 0 Å². The molecule has 0 radical (unpaired) electrons. The molecule has 1 spiro atoms. The molecule has 0 bridgehead atoms. The minimum absolute atomic E-state index is 0.0572. The van der Waals surface area contributed by atoms with Crippen molar-refractivity contribution in [3.63, 3.8) is 0 Å². The average Bonchev–Trinajstić information content (AvgIpc) is 2.98. The fraction of sp³-hybridized carbons (Fsp3) is 0.696. The van der Waals surface area contributed by atoms with Gasteiger partial charge in [0.15, 0.2) is 0 Å². The number of carbonyl (C=O) groups excluding carboxylic acids is 1. The van der Waals surface area contributed by atoms with E-state index in [-0.39, 0.29) is 6.03 Å². The molecule has 158 valence electrons. The van der Waals surface area contributed by atoms with Gasteiger partial charge in [-0.15, -0.1) is 0 Å². The number of amides is 2. The molecular weight excluding hydrogens is 362 g/mol. The molecule has 4 rings (SSSR count). The molecule has 1 aromatic rings. The molecule has 1 aliphatic carbocycles. The van der Waals surface area contributed by atoms with E-state index < -0.39 is 5.54 Å². The Labute approximate surface area is 174 Å². The van der Waals surface area contributed by atoms with Gasteiger partial charge < -0.3 is 4.90 Å². The summed E-state index contributed by atoms with van der Waals surface area (Å²) in [7, 11) is 0. The molecule has 1 saturated carbocycles. The largest absolute Gasteiger partial charge is 0.328 e. The predicted molar refractivity (Wildman–Crippen MR) is 117 cm³/mol. The summed E-state index contributed by atoms with van der Waals surface area (Å²) in [5, 5.41) is 3.18. The Morgan fingerprint density at radius 1 is 1.28 bits per heavy atom. The third-order valence-corrected chi connectivity index (χ3v) is 6.66. The van der Waals surface area contributed by atoms with Crippen LogP contribution in [0.4, 0.5) is 10.5 Å². The highest BCUT2D eigenvalue weighted by atomic mass is 16.2. The van der Waals surface area contributed by atoms with Crippen molar-refractivity contribution < 1.29 is 4.79 Å². The van der Waals surface area contributed by atoms with Crippen molar-refractivity contribution >= 4 is 17.6 Å². The summed E-state index contributed by atoms with van der Waals surface area (Å²) in [5.41, 5.74) is 0.469. The summed E-state index contributed by atoms with van der Waals surface area (Å²) >= 11 is 0. The topological polar surface area (TPSA) is 60.8 Å². The predicted octanol–water partition coefficient (Wildman–Crippen LogP) is 4.22. The van der Waals surface area contributed by atoms with E-state index >= 15 is 0 Å². The molecule has 2 amide bonds. The van der Waals surface area contributed by atoms with Gasteiger partial charge >= 0.3 is 6.03 Å². The van der Waals surface area contributed by atoms with Crippen LogP contribution in [0.1, 0.15) is 65.2 Å². The second-order valence-corrected chi connectivity index (χ2v) is 9.34. The average molecular weight is 398 g/mol. The summed E-state index contributed by atoms with van der Waals surface area (Å²) in [6.07, 6.45) is 12.8. The molecular formula is C23H35N5O. The minimum atomic E-state index is -0.396. The second kappa shape index (κ2) is 8.82. The van der Waals surface area contributed by atoms with Crippen molar-refractivity contribution in [3.05, 3.63) is 24.5 Å². The number of nitrogens with one attached hydrogen (secondary N) is 1. The van der Waals surface area contributed by atoms with Gasteiger partial charge in [0.2, 0.25) is 0 Å². The van der Waals surface area contributed by atoms with Crippen LogP contribution in [0, 0.1) is 5.92 Å². The summed E-state index contributed by atoms with van der Waals surface area (Å²) in [6.45, 7) is 7.57.